The number of nitrogens with zero attached hydrogens (tertiary/aromatic N) is 2. The summed E-state index contributed by atoms with van der Waals surface area (Å²) < 4.78 is 5.22. The summed E-state index contributed by atoms with van der Waals surface area (Å²) in [5.41, 5.74) is 7.11. The third-order valence-corrected chi connectivity index (χ3v) is 4.96. The maximum atomic E-state index is 12.3. The number of thiazole rings is 1. The molecule has 0 unspecified atom stereocenters. The molecule has 1 atom stereocenters. The summed E-state index contributed by atoms with van der Waals surface area (Å²) in [6.45, 7) is 0.663. The fourth-order valence-electron chi connectivity index (χ4n) is 2.88. The van der Waals surface area contributed by atoms with Crippen LogP contribution in [0, 0.1) is 0 Å². The van der Waals surface area contributed by atoms with Gasteiger partial charge in [0.2, 0.25) is 11.8 Å². The van der Waals surface area contributed by atoms with Gasteiger partial charge in [0, 0.05) is 17.5 Å². The van der Waals surface area contributed by atoms with Crippen molar-refractivity contribution in [1.29, 1.82) is 0 Å². The quantitative estimate of drug-likeness (QED) is 0.817. The number of hydrogen-bond acceptors (Lipinski definition) is 6. The number of anilines is 1. The summed E-state index contributed by atoms with van der Waals surface area (Å²) in [6, 6.07) is 7.15. The van der Waals surface area contributed by atoms with E-state index in [0.717, 1.165) is 23.4 Å². The highest BCUT2D eigenvalue weighted by Gasteiger charge is 2.32. The van der Waals surface area contributed by atoms with E-state index in [1.165, 1.54) is 11.3 Å². The fraction of sp³-hybridized carbons (Fsp3) is 0.353. The second kappa shape index (κ2) is 7.52. The van der Waals surface area contributed by atoms with E-state index in [1.54, 1.807) is 12.0 Å². The highest BCUT2D eigenvalue weighted by atomic mass is 32.1. The standard InChI is InChI=1S/C17H20N4O3S/c1-24-12-5-2-4-11(8-12)13-10-25-17(20-13)19-9-15(22)21-7-3-6-14(21)16(18)23/h2,4-5,8,10,14H,3,6-7,9H2,1H3,(H2,18,23)(H,19,20)/t14-/m0/s1. The zero-order valence-corrected chi connectivity index (χ0v) is 14.7. The average Bonchev–Trinajstić information content (AvgIpc) is 3.29. The Balaban J connectivity index is 1.62. The number of nitrogens with two attached hydrogens (primary N) is 1. The molecule has 1 aliphatic rings. The van der Waals surface area contributed by atoms with Crippen LogP contribution in [0.5, 0.6) is 5.75 Å². The second-order valence-corrected chi connectivity index (χ2v) is 6.63. The third-order valence-electron chi connectivity index (χ3n) is 4.16. The number of rotatable bonds is 6. The number of aromatic nitrogens is 1. The van der Waals surface area contributed by atoms with Crippen LogP contribution >= 0.6 is 11.3 Å². The largest absolute Gasteiger partial charge is 0.497 e. The Bertz CT molecular complexity index is 777. The Morgan fingerprint density at radius 1 is 1.48 bits per heavy atom. The maximum Gasteiger partial charge on any atom is 0.242 e. The summed E-state index contributed by atoms with van der Waals surface area (Å²) in [4.78, 5) is 29.7. The fourth-order valence-corrected chi connectivity index (χ4v) is 3.60. The summed E-state index contributed by atoms with van der Waals surface area (Å²) in [5.74, 6) is 0.182. The SMILES string of the molecule is COc1cccc(-c2csc(NCC(=O)N3CCC[C@H]3C(N)=O)n2)c1. The summed E-state index contributed by atoms with van der Waals surface area (Å²) in [7, 11) is 1.62. The number of benzene rings is 1. The minimum absolute atomic E-state index is 0.0921. The lowest BCUT2D eigenvalue weighted by molar-refractivity contribution is -0.135. The molecule has 2 heterocycles. The zero-order valence-electron chi connectivity index (χ0n) is 13.9. The Labute approximate surface area is 149 Å². The number of nitrogens with one attached hydrogen (secondary N) is 1. The lowest BCUT2D eigenvalue weighted by atomic mass is 10.2. The van der Waals surface area contributed by atoms with E-state index >= 15 is 0 Å². The molecule has 0 spiro atoms. The van der Waals surface area contributed by atoms with Gasteiger partial charge in [-0.1, -0.05) is 12.1 Å². The molecule has 0 radical (unpaired) electrons. The van der Waals surface area contributed by atoms with Gasteiger partial charge in [-0.05, 0) is 25.0 Å². The zero-order chi connectivity index (χ0) is 17.8. The number of hydrogen-bond donors (Lipinski definition) is 2. The number of carbonyl (C=O) groups excluding carboxylic acids is 2. The molecule has 1 aromatic heterocycles. The van der Waals surface area contributed by atoms with Crippen LogP contribution in [-0.4, -0.2) is 47.9 Å². The van der Waals surface area contributed by atoms with Crippen molar-refractivity contribution in [1.82, 2.24) is 9.88 Å². The van der Waals surface area contributed by atoms with Gasteiger partial charge >= 0.3 is 0 Å². The second-order valence-electron chi connectivity index (χ2n) is 5.77. The molecule has 3 rings (SSSR count). The molecule has 7 nitrogen and oxygen atoms in total. The third kappa shape index (κ3) is 3.90. The number of amides is 2. The first-order valence-corrected chi connectivity index (χ1v) is 8.89. The van der Waals surface area contributed by atoms with Crippen molar-refractivity contribution in [3.63, 3.8) is 0 Å². The molecule has 3 N–H and O–H groups in total. The van der Waals surface area contributed by atoms with Crippen LogP contribution in [0.3, 0.4) is 0 Å². The average molecular weight is 360 g/mol. The summed E-state index contributed by atoms with van der Waals surface area (Å²) in [5, 5.41) is 5.61. The normalized spacial score (nSPS) is 16.7. The van der Waals surface area contributed by atoms with E-state index in [9.17, 15) is 9.59 Å². The minimum Gasteiger partial charge on any atom is -0.497 e. The molecule has 1 saturated heterocycles. The van der Waals surface area contributed by atoms with Crippen LogP contribution in [0.2, 0.25) is 0 Å². The van der Waals surface area contributed by atoms with Gasteiger partial charge in [-0.2, -0.15) is 0 Å². The number of methoxy groups -OCH3 is 1. The Hall–Kier alpha value is -2.61. The first kappa shape index (κ1) is 17.2. The van der Waals surface area contributed by atoms with Gasteiger partial charge in [-0.25, -0.2) is 4.98 Å². The van der Waals surface area contributed by atoms with Crippen LogP contribution in [0.15, 0.2) is 29.6 Å². The Morgan fingerprint density at radius 3 is 3.08 bits per heavy atom. The smallest absolute Gasteiger partial charge is 0.242 e. The van der Waals surface area contributed by atoms with E-state index in [-0.39, 0.29) is 12.5 Å². The molecule has 2 amide bonds. The number of ether oxygens (including phenoxy) is 1. The molecular weight excluding hydrogens is 340 g/mol. The molecule has 25 heavy (non-hydrogen) atoms. The molecule has 1 fully saturated rings. The number of likely N-dealkylation sites (tertiary alicyclic amines) is 1. The minimum atomic E-state index is -0.488. The van der Waals surface area contributed by atoms with Gasteiger partial charge in [0.25, 0.3) is 0 Å². The number of carbonyl (C=O) groups is 2. The first-order chi connectivity index (χ1) is 12.1. The van der Waals surface area contributed by atoms with Gasteiger partial charge in [0.1, 0.15) is 11.8 Å². The predicted molar refractivity (Wildman–Crippen MR) is 96.5 cm³/mol. The van der Waals surface area contributed by atoms with Crippen molar-refractivity contribution in [2.75, 3.05) is 25.5 Å². The van der Waals surface area contributed by atoms with Crippen LogP contribution in [0.1, 0.15) is 12.8 Å². The van der Waals surface area contributed by atoms with Crippen LogP contribution in [0.25, 0.3) is 11.3 Å². The Kier molecular flexibility index (Phi) is 5.18. The molecular formula is C17H20N4O3S. The van der Waals surface area contributed by atoms with E-state index in [4.69, 9.17) is 10.5 Å². The molecule has 0 saturated carbocycles. The molecule has 0 bridgehead atoms. The van der Waals surface area contributed by atoms with E-state index in [2.05, 4.69) is 10.3 Å². The lowest BCUT2D eigenvalue weighted by Crippen LogP contribution is -2.45. The van der Waals surface area contributed by atoms with Crippen molar-refractivity contribution in [3.05, 3.63) is 29.6 Å². The van der Waals surface area contributed by atoms with Gasteiger partial charge in [-0.3, -0.25) is 9.59 Å². The molecule has 1 aliphatic heterocycles. The van der Waals surface area contributed by atoms with Gasteiger partial charge in [-0.15, -0.1) is 11.3 Å². The van der Waals surface area contributed by atoms with Crippen LogP contribution in [0.4, 0.5) is 5.13 Å². The van der Waals surface area contributed by atoms with Gasteiger partial charge in [0.05, 0.1) is 19.3 Å². The summed E-state index contributed by atoms with van der Waals surface area (Å²) in [6.07, 6.45) is 1.44. The maximum absolute atomic E-state index is 12.3. The molecule has 8 heteroatoms. The first-order valence-electron chi connectivity index (χ1n) is 8.01. The lowest BCUT2D eigenvalue weighted by Gasteiger charge is -2.22. The van der Waals surface area contributed by atoms with Crippen molar-refractivity contribution in [2.45, 2.75) is 18.9 Å². The Morgan fingerprint density at radius 2 is 2.32 bits per heavy atom. The van der Waals surface area contributed by atoms with Gasteiger partial charge in [0.15, 0.2) is 5.13 Å². The van der Waals surface area contributed by atoms with Crippen molar-refractivity contribution < 1.29 is 14.3 Å². The van der Waals surface area contributed by atoms with E-state index in [0.29, 0.717) is 18.1 Å². The van der Waals surface area contributed by atoms with Crippen LogP contribution < -0.4 is 15.8 Å². The molecule has 2 aromatic rings. The van der Waals surface area contributed by atoms with Gasteiger partial charge < -0.3 is 20.7 Å². The topological polar surface area (TPSA) is 97.5 Å². The van der Waals surface area contributed by atoms with Crippen molar-refractivity contribution in [2.24, 2.45) is 5.73 Å². The van der Waals surface area contributed by atoms with Crippen molar-refractivity contribution in [3.8, 4) is 17.0 Å². The monoisotopic (exact) mass is 360 g/mol. The number of primary amides is 1. The van der Waals surface area contributed by atoms with Crippen molar-refractivity contribution >= 4 is 28.3 Å². The molecule has 132 valence electrons. The predicted octanol–water partition coefficient (Wildman–Crippen LogP) is 1.71. The van der Waals surface area contributed by atoms with E-state index in [1.807, 2.05) is 29.6 Å². The highest BCUT2D eigenvalue weighted by Crippen LogP contribution is 2.27. The van der Waals surface area contributed by atoms with E-state index < -0.39 is 11.9 Å². The molecule has 0 aliphatic carbocycles. The highest BCUT2D eigenvalue weighted by molar-refractivity contribution is 7.14. The summed E-state index contributed by atoms with van der Waals surface area (Å²) >= 11 is 1.42. The van der Waals surface area contributed by atoms with Crippen LogP contribution in [-0.2, 0) is 9.59 Å². The molecule has 1 aromatic carbocycles.